The van der Waals surface area contributed by atoms with Gasteiger partial charge in [0.1, 0.15) is 0 Å². The Morgan fingerprint density at radius 2 is 2.11 bits per heavy atom. The molecule has 1 heterocycles. The molecule has 1 aromatic carbocycles. The number of aromatic nitrogens is 1. The number of nitrogens with one attached hydrogen (secondary N) is 1. The van der Waals surface area contributed by atoms with E-state index >= 15 is 0 Å². The third-order valence-electron chi connectivity index (χ3n) is 3.53. The molecule has 1 N–H and O–H groups in total. The third kappa shape index (κ3) is 2.77. The molecule has 0 saturated carbocycles. The van der Waals surface area contributed by atoms with Crippen molar-refractivity contribution < 1.29 is 4.74 Å². The number of likely N-dealkylation sites (N-methyl/N-ethyl adjacent to an activating group) is 1. The van der Waals surface area contributed by atoms with E-state index in [2.05, 4.69) is 42.3 Å². The van der Waals surface area contributed by atoms with Gasteiger partial charge in [-0.2, -0.15) is 0 Å². The summed E-state index contributed by atoms with van der Waals surface area (Å²) in [6.45, 7) is 6.97. The standard InChI is InChI=1S/C16H22N2O/c1-5-19-16(2,3)15(17-4)13-8-6-7-12-9-10-18-11-14(12)13/h6-11,15,17H,5H2,1-4H3. The normalized spacial score (nSPS) is 13.7. The zero-order valence-corrected chi connectivity index (χ0v) is 12.1. The molecule has 1 unspecified atom stereocenters. The van der Waals surface area contributed by atoms with Gasteiger partial charge in [-0.3, -0.25) is 4.98 Å². The fourth-order valence-corrected chi connectivity index (χ4v) is 2.72. The molecule has 0 spiro atoms. The van der Waals surface area contributed by atoms with E-state index < -0.39 is 0 Å². The van der Waals surface area contributed by atoms with Crippen molar-refractivity contribution in [3.63, 3.8) is 0 Å². The van der Waals surface area contributed by atoms with E-state index in [0.29, 0.717) is 6.61 Å². The Morgan fingerprint density at radius 3 is 2.79 bits per heavy atom. The summed E-state index contributed by atoms with van der Waals surface area (Å²) in [6, 6.07) is 8.51. The van der Waals surface area contributed by atoms with Crippen molar-refractivity contribution in [3.8, 4) is 0 Å². The molecule has 0 aliphatic rings. The summed E-state index contributed by atoms with van der Waals surface area (Å²) in [5.74, 6) is 0. The van der Waals surface area contributed by atoms with Gasteiger partial charge < -0.3 is 10.1 Å². The van der Waals surface area contributed by atoms with Crippen molar-refractivity contribution in [1.29, 1.82) is 0 Å². The first-order valence-corrected chi connectivity index (χ1v) is 6.74. The molecule has 0 radical (unpaired) electrons. The summed E-state index contributed by atoms with van der Waals surface area (Å²) < 4.78 is 5.90. The molecule has 0 aliphatic heterocycles. The molecule has 1 atom stereocenters. The van der Waals surface area contributed by atoms with Crippen LogP contribution in [0.3, 0.4) is 0 Å². The lowest BCUT2D eigenvalue weighted by Gasteiger charge is -2.35. The molecule has 102 valence electrons. The maximum Gasteiger partial charge on any atom is 0.0820 e. The molecule has 3 heteroatoms. The van der Waals surface area contributed by atoms with Crippen LogP contribution in [0.25, 0.3) is 10.8 Å². The maximum absolute atomic E-state index is 5.90. The van der Waals surface area contributed by atoms with Gasteiger partial charge in [-0.25, -0.2) is 0 Å². The van der Waals surface area contributed by atoms with Gasteiger partial charge in [-0.05, 0) is 44.8 Å². The Hall–Kier alpha value is -1.45. The SMILES string of the molecule is CCOC(C)(C)C(NC)c1cccc2ccncc12. The van der Waals surface area contributed by atoms with Crippen molar-refractivity contribution in [2.45, 2.75) is 32.4 Å². The molecular formula is C16H22N2O. The van der Waals surface area contributed by atoms with Gasteiger partial charge in [0.25, 0.3) is 0 Å². The van der Waals surface area contributed by atoms with Gasteiger partial charge in [0.15, 0.2) is 0 Å². The van der Waals surface area contributed by atoms with Crippen LogP contribution in [-0.2, 0) is 4.74 Å². The molecule has 2 rings (SSSR count). The maximum atomic E-state index is 5.90. The lowest BCUT2D eigenvalue weighted by atomic mass is 9.89. The van der Waals surface area contributed by atoms with Gasteiger partial charge in [-0.1, -0.05) is 18.2 Å². The number of rotatable bonds is 5. The van der Waals surface area contributed by atoms with E-state index in [4.69, 9.17) is 4.74 Å². The number of nitrogens with zero attached hydrogens (tertiary/aromatic N) is 1. The van der Waals surface area contributed by atoms with E-state index in [1.807, 2.05) is 32.4 Å². The second-order valence-electron chi connectivity index (χ2n) is 5.20. The molecule has 0 bridgehead atoms. The van der Waals surface area contributed by atoms with Crippen LogP contribution in [-0.4, -0.2) is 24.2 Å². The van der Waals surface area contributed by atoms with Gasteiger partial charge in [0.2, 0.25) is 0 Å². The predicted molar refractivity (Wildman–Crippen MR) is 79.2 cm³/mol. The van der Waals surface area contributed by atoms with Crippen molar-refractivity contribution in [2.75, 3.05) is 13.7 Å². The smallest absolute Gasteiger partial charge is 0.0820 e. The Kier molecular flexibility index (Phi) is 4.17. The first kappa shape index (κ1) is 14.0. The number of benzene rings is 1. The summed E-state index contributed by atoms with van der Waals surface area (Å²) in [7, 11) is 1.97. The van der Waals surface area contributed by atoms with E-state index in [1.165, 1.54) is 16.3 Å². The van der Waals surface area contributed by atoms with Crippen LogP contribution >= 0.6 is 0 Å². The summed E-state index contributed by atoms with van der Waals surface area (Å²) in [5, 5.41) is 5.77. The highest BCUT2D eigenvalue weighted by Crippen LogP contribution is 2.32. The summed E-state index contributed by atoms with van der Waals surface area (Å²) in [4.78, 5) is 4.25. The highest BCUT2D eigenvalue weighted by molar-refractivity contribution is 5.85. The quantitative estimate of drug-likeness (QED) is 0.893. The largest absolute Gasteiger partial charge is 0.374 e. The second kappa shape index (κ2) is 5.68. The van der Waals surface area contributed by atoms with Gasteiger partial charge in [-0.15, -0.1) is 0 Å². The van der Waals surface area contributed by atoms with Crippen LogP contribution in [0.1, 0.15) is 32.4 Å². The van der Waals surface area contributed by atoms with Gasteiger partial charge >= 0.3 is 0 Å². The van der Waals surface area contributed by atoms with Crippen molar-refractivity contribution >= 4 is 10.8 Å². The van der Waals surface area contributed by atoms with Crippen LogP contribution < -0.4 is 5.32 Å². The molecule has 0 aliphatic carbocycles. The van der Waals surface area contributed by atoms with Gasteiger partial charge in [0.05, 0.1) is 11.6 Å². The number of hydrogen-bond donors (Lipinski definition) is 1. The number of pyridine rings is 1. The minimum atomic E-state index is -0.270. The highest BCUT2D eigenvalue weighted by Gasteiger charge is 2.31. The average molecular weight is 258 g/mol. The second-order valence-corrected chi connectivity index (χ2v) is 5.20. The fraction of sp³-hybridized carbons (Fsp3) is 0.438. The third-order valence-corrected chi connectivity index (χ3v) is 3.53. The van der Waals surface area contributed by atoms with E-state index in [9.17, 15) is 0 Å². The van der Waals surface area contributed by atoms with Crippen LogP contribution in [0.5, 0.6) is 0 Å². The zero-order chi connectivity index (χ0) is 13.9. The van der Waals surface area contributed by atoms with E-state index in [-0.39, 0.29) is 11.6 Å². The zero-order valence-electron chi connectivity index (χ0n) is 12.1. The fourth-order valence-electron chi connectivity index (χ4n) is 2.72. The molecule has 19 heavy (non-hydrogen) atoms. The Balaban J connectivity index is 2.52. The van der Waals surface area contributed by atoms with Crippen molar-refractivity contribution in [3.05, 3.63) is 42.2 Å². The predicted octanol–water partition coefficient (Wildman–Crippen LogP) is 3.31. The molecular weight excluding hydrogens is 236 g/mol. The van der Waals surface area contributed by atoms with Crippen molar-refractivity contribution in [1.82, 2.24) is 10.3 Å². The Morgan fingerprint density at radius 1 is 1.32 bits per heavy atom. The summed E-state index contributed by atoms with van der Waals surface area (Å²) in [5.41, 5.74) is 0.958. The molecule has 3 nitrogen and oxygen atoms in total. The Labute approximate surface area is 115 Å². The van der Waals surface area contributed by atoms with Crippen molar-refractivity contribution in [2.24, 2.45) is 0 Å². The molecule has 0 amide bonds. The number of hydrogen-bond acceptors (Lipinski definition) is 3. The molecule has 0 saturated heterocycles. The lowest BCUT2D eigenvalue weighted by Crippen LogP contribution is -2.40. The van der Waals surface area contributed by atoms with E-state index in [1.54, 1.807) is 0 Å². The van der Waals surface area contributed by atoms with E-state index in [0.717, 1.165) is 0 Å². The van der Waals surface area contributed by atoms with Crippen LogP contribution in [0.2, 0.25) is 0 Å². The van der Waals surface area contributed by atoms with Gasteiger partial charge in [0, 0.05) is 24.4 Å². The topological polar surface area (TPSA) is 34.1 Å². The minimum Gasteiger partial charge on any atom is -0.374 e. The number of ether oxygens (including phenoxy) is 1. The number of fused-ring (bicyclic) bond motifs is 1. The average Bonchev–Trinajstić information content (AvgIpc) is 2.39. The summed E-state index contributed by atoms with van der Waals surface area (Å²) >= 11 is 0. The first-order valence-electron chi connectivity index (χ1n) is 6.74. The monoisotopic (exact) mass is 258 g/mol. The summed E-state index contributed by atoms with van der Waals surface area (Å²) in [6.07, 6.45) is 3.76. The lowest BCUT2D eigenvalue weighted by molar-refractivity contribution is -0.0371. The van der Waals surface area contributed by atoms with Crippen LogP contribution in [0, 0.1) is 0 Å². The van der Waals surface area contributed by atoms with Crippen LogP contribution in [0.4, 0.5) is 0 Å². The Bertz CT molecular complexity index is 546. The minimum absolute atomic E-state index is 0.125. The molecule has 0 fully saturated rings. The first-order chi connectivity index (χ1) is 9.10. The molecule has 2 aromatic rings. The van der Waals surface area contributed by atoms with Crippen LogP contribution in [0.15, 0.2) is 36.7 Å². The molecule has 1 aromatic heterocycles. The highest BCUT2D eigenvalue weighted by atomic mass is 16.5.